The van der Waals surface area contributed by atoms with Crippen LogP contribution < -0.4 is 56.1 Å². The SMILES string of the molecule is CCCCCCCCCc1cc(Oc2ccccc2)ccc1S(=O)(=O)[O-].[K+]. The Morgan fingerprint density at radius 3 is 2.11 bits per heavy atom. The van der Waals surface area contributed by atoms with Crippen LogP contribution in [0.25, 0.3) is 0 Å². The van der Waals surface area contributed by atoms with Crippen LogP contribution in [-0.4, -0.2) is 13.0 Å². The molecule has 2 aromatic rings. The first-order valence-corrected chi connectivity index (χ1v) is 10.7. The molecule has 0 N–H and O–H groups in total. The van der Waals surface area contributed by atoms with Gasteiger partial charge in [-0.3, -0.25) is 0 Å². The molecule has 0 amide bonds. The number of benzene rings is 2. The van der Waals surface area contributed by atoms with Crippen molar-refractivity contribution >= 4 is 10.1 Å². The van der Waals surface area contributed by atoms with Crippen molar-refractivity contribution in [1.29, 1.82) is 0 Å². The fourth-order valence-electron chi connectivity index (χ4n) is 2.96. The Hall–Kier alpha value is -0.214. The van der Waals surface area contributed by atoms with Gasteiger partial charge in [-0.05, 0) is 48.7 Å². The van der Waals surface area contributed by atoms with Crippen molar-refractivity contribution in [3.05, 3.63) is 54.1 Å². The van der Waals surface area contributed by atoms with Gasteiger partial charge in [-0.1, -0.05) is 63.6 Å². The number of hydrogen-bond donors (Lipinski definition) is 0. The Morgan fingerprint density at radius 1 is 0.852 bits per heavy atom. The third kappa shape index (κ3) is 9.22. The molecule has 142 valence electrons. The van der Waals surface area contributed by atoms with Gasteiger partial charge in [-0.15, -0.1) is 0 Å². The molecule has 2 aromatic carbocycles. The van der Waals surface area contributed by atoms with Gasteiger partial charge in [-0.2, -0.15) is 0 Å². The summed E-state index contributed by atoms with van der Waals surface area (Å²) < 4.78 is 40.4. The van der Waals surface area contributed by atoms with E-state index in [2.05, 4.69) is 6.92 Å². The fourth-order valence-corrected chi connectivity index (χ4v) is 3.67. The maximum atomic E-state index is 11.5. The zero-order valence-electron chi connectivity index (χ0n) is 16.3. The predicted octanol–water partition coefficient (Wildman–Crippen LogP) is 2.68. The van der Waals surface area contributed by atoms with Crippen LogP contribution >= 0.6 is 0 Å². The summed E-state index contributed by atoms with van der Waals surface area (Å²) in [6.45, 7) is 2.19. The molecule has 0 spiro atoms. The van der Waals surface area contributed by atoms with Crippen LogP contribution in [0.15, 0.2) is 53.4 Å². The smallest absolute Gasteiger partial charge is 0.744 e. The molecule has 4 nitrogen and oxygen atoms in total. The second-order valence-corrected chi connectivity index (χ2v) is 7.86. The number of para-hydroxylation sites is 1. The van der Waals surface area contributed by atoms with Crippen LogP contribution in [-0.2, 0) is 16.5 Å². The number of unbranched alkanes of at least 4 members (excludes halogenated alkanes) is 6. The van der Waals surface area contributed by atoms with Crippen LogP contribution in [0.3, 0.4) is 0 Å². The second-order valence-electron chi connectivity index (χ2n) is 6.51. The quantitative estimate of drug-likeness (QED) is 0.322. The first kappa shape index (κ1) is 24.8. The van der Waals surface area contributed by atoms with Crippen LogP contribution in [0.1, 0.15) is 57.4 Å². The van der Waals surface area contributed by atoms with Gasteiger partial charge in [0.05, 0.1) is 4.90 Å². The average molecular weight is 415 g/mol. The molecule has 0 aliphatic heterocycles. The first-order chi connectivity index (χ1) is 12.5. The molecule has 6 heteroatoms. The number of aryl methyl sites for hydroxylation is 1. The van der Waals surface area contributed by atoms with E-state index in [4.69, 9.17) is 4.74 Å². The molecule has 0 bridgehead atoms. The van der Waals surface area contributed by atoms with Crippen molar-refractivity contribution in [3.63, 3.8) is 0 Å². The summed E-state index contributed by atoms with van der Waals surface area (Å²) in [4.78, 5) is -0.135. The van der Waals surface area contributed by atoms with Crippen molar-refractivity contribution in [3.8, 4) is 11.5 Å². The maximum Gasteiger partial charge on any atom is 1.00 e. The zero-order valence-corrected chi connectivity index (χ0v) is 20.3. The topological polar surface area (TPSA) is 66.4 Å². The Bertz CT molecular complexity index is 776. The van der Waals surface area contributed by atoms with E-state index in [0.717, 1.165) is 19.3 Å². The molecule has 0 aliphatic carbocycles. The molecular formula is C21H27KO4S. The minimum Gasteiger partial charge on any atom is -0.744 e. The number of ether oxygens (including phenoxy) is 1. The van der Waals surface area contributed by atoms with Gasteiger partial charge >= 0.3 is 51.4 Å². The van der Waals surface area contributed by atoms with E-state index in [1.165, 1.54) is 37.8 Å². The fraction of sp³-hybridized carbons (Fsp3) is 0.429. The third-order valence-electron chi connectivity index (χ3n) is 4.33. The predicted molar refractivity (Wildman–Crippen MR) is 103 cm³/mol. The van der Waals surface area contributed by atoms with Gasteiger partial charge in [-0.25, -0.2) is 8.42 Å². The summed E-state index contributed by atoms with van der Waals surface area (Å²) in [6, 6.07) is 13.9. The van der Waals surface area contributed by atoms with E-state index in [0.29, 0.717) is 23.5 Å². The molecule has 0 atom stereocenters. The summed E-state index contributed by atoms with van der Waals surface area (Å²) in [5, 5.41) is 0. The Balaban J connectivity index is 0.00000364. The molecule has 2 rings (SSSR count). The Kier molecular flexibility index (Phi) is 12.0. The summed E-state index contributed by atoms with van der Waals surface area (Å²) in [5.74, 6) is 1.22. The molecular weight excluding hydrogens is 387 g/mol. The normalized spacial score (nSPS) is 11.0. The van der Waals surface area contributed by atoms with Crippen molar-refractivity contribution < 1.29 is 69.1 Å². The molecule has 0 heterocycles. The molecule has 0 aromatic heterocycles. The van der Waals surface area contributed by atoms with E-state index >= 15 is 0 Å². The van der Waals surface area contributed by atoms with E-state index in [9.17, 15) is 13.0 Å². The van der Waals surface area contributed by atoms with Crippen LogP contribution in [0, 0.1) is 0 Å². The van der Waals surface area contributed by atoms with Crippen molar-refractivity contribution in [1.82, 2.24) is 0 Å². The third-order valence-corrected chi connectivity index (χ3v) is 5.27. The van der Waals surface area contributed by atoms with Gasteiger partial charge in [0, 0.05) is 0 Å². The standard InChI is InChI=1S/C21H28O4S.K/c1-2-3-4-5-6-7-9-12-18-17-20(15-16-21(18)26(22,23)24)25-19-13-10-8-11-14-19;/h8,10-11,13-17H,2-7,9,12H2,1H3,(H,22,23,24);/q;+1/p-1. The maximum absolute atomic E-state index is 11.5. The molecule has 0 fully saturated rings. The zero-order chi connectivity index (χ0) is 18.8. The Labute approximate surface area is 205 Å². The first-order valence-electron chi connectivity index (χ1n) is 9.32. The molecule has 0 aliphatic rings. The summed E-state index contributed by atoms with van der Waals surface area (Å²) in [7, 11) is -4.48. The minimum atomic E-state index is -4.48. The summed E-state index contributed by atoms with van der Waals surface area (Å²) in [6.07, 6.45) is 8.54. The van der Waals surface area contributed by atoms with E-state index in [-0.39, 0.29) is 56.3 Å². The molecule has 27 heavy (non-hydrogen) atoms. The number of rotatable bonds is 11. The largest absolute Gasteiger partial charge is 1.00 e. The second kappa shape index (κ2) is 13.1. The Morgan fingerprint density at radius 2 is 1.48 bits per heavy atom. The average Bonchev–Trinajstić information content (AvgIpc) is 2.61. The minimum absolute atomic E-state index is 0. The number of hydrogen-bond acceptors (Lipinski definition) is 4. The van der Waals surface area contributed by atoms with Gasteiger partial charge in [0.25, 0.3) is 0 Å². The van der Waals surface area contributed by atoms with Crippen molar-refractivity contribution in [2.24, 2.45) is 0 Å². The monoisotopic (exact) mass is 414 g/mol. The van der Waals surface area contributed by atoms with E-state index in [1.54, 1.807) is 6.07 Å². The van der Waals surface area contributed by atoms with Crippen LogP contribution in [0.5, 0.6) is 11.5 Å². The van der Waals surface area contributed by atoms with Gasteiger partial charge in [0.15, 0.2) is 0 Å². The molecule has 0 saturated carbocycles. The van der Waals surface area contributed by atoms with Crippen molar-refractivity contribution in [2.75, 3.05) is 0 Å². The molecule has 0 radical (unpaired) electrons. The van der Waals surface area contributed by atoms with Gasteiger partial charge in [0.1, 0.15) is 21.6 Å². The van der Waals surface area contributed by atoms with Crippen LogP contribution in [0.2, 0.25) is 0 Å². The van der Waals surface area contributed by atoms with Gasteiger partial charge < -0.3 is 9.29 Å². The van der Waals surface area contributed by atoms with Gasteiger partial charge in [0.2, 0.25) is 0 Å². The van der Waals surface area contributed by atoms with E-state index < -0.39 is 10.1 Å². The molecule has 0 unspecified atom stereocenters. The summed E-state index contributed by atoms with van der Waals surface area (Å²) >= 11 is 0. The molecule has 0 saturated heterocycles. The summed E-state index contributed by atoms with van der Waals surface area (Å²) in [5.41, 5.74) is 0.544. The van der Waals surface area contributed by atoms with Crippen molar-refractivity contribution in [2.45, 2.75) is 63.2 Å². The van der Waals surface area contributed by atoms with Crippen LogP contribution in [0.4, 0.5) is 0 Å². The van der Waals surface area contributed by atoms with E-state index in [1.807, 2.05) is 30.3 Å².